The van der Waals surface area contributed by atoms with Gasteiger partial charge in [0.05, 0.1) is 17.6 Å². The van der Waals surface area contributed by atoms with Crippen molar-refractivity contribution in [3.8, 4) is 11.4 Å². The lowest BCUT2D eigenvalue weighted by Gasteiger charge is -2.28. The summed E-state index contributed by atoms with van der Waals surface area (Å²) in [5.74, 6) is 2.42. The van der Waals surface area contributed by atoms with Crippen molar-refractivity contribution in [2.24, 2.45) is 7.05 Å². The van der Waals surface area contributed by atoms with Gasteiger partial charge in [-0.25, -0.2) is 15.0 Å². The summed E-state index contributed by atoms with van der Waals surface area (Å²) in [6.07, 6.45) is 4.30. The molecule has 5 nitrogen and oxygen atoms in total. The minimum Gasteiger partial charge on any atom is -0.330 e. The van der Waals surface area contributed by atoms with E-state index >= 15 is 0 Å². The van der Waals surface area contributed by atoms with Crippen LogP contribution in [-0.2, 0) is 7.05 Å². The Morgan fingerprint density at radius 1 is 1.19 bits per heavy atom. The summed E-state index contributed by atoms with van der Waals surface area (Å²) >= 11 is 0. The van der Waals surface area contributed by atoms with Crippen LogP contribution >= 0.6 is 0 Å². The Bertz CT molecular complexity index is 646. The number of imidazole rings is 1. The minimum atomic E-state index is 0.441. The van der Waals surface area contributed by atoms with Gasteiger partial charge in [-0.2, -0.15) is 0 Å². The van der Waals surface area contributed by atoms with Gasteiger partial charge in [-0.1, -0.05) is 0 Å². The maximum Gasteiger partial charge on any atom is 0.133 e. The van der Waals surface area contributed by atoms with Gasteiger partial charge in [0.25, 0.3) is 0 Å². The van der Waals surface area contributed by atoms with Crippen LogP contribution in [0.15, 0.2) is 12.3 Å². The minimum absolute atomic E-state index is 0.441. The average molecular weight is 285 g/mol. The van der Waals surface area contributed by atoms with E-state index in [-0.39, 0.29) is 0 Å². The first-order chi connectivity index (χ1) is 10.0. The number of hydrogen-bond acceptors (Lipinski definition) is 4. The van der Waals surface area contributed by atoms with Crippen LogP contribution in [0.3, 0.4) is 0 Å². The molecule has 0 bridgehead atoms. The largest absolute Gasteiger partial charge is 0.330 e. The van der Waals surface area contributed by atoms with E-state index in [2.05, 4.69) is 26.5 Å². The zero-order chi connectivity index (χ0) is 15.0. The van der Waals surface area contributed by atoms with Gasteiger partial charge in [0.1, 0.15) is 11.6 Å². The highest BCUT2D eigenvalue weighted by molar-refractivity contribution is 5.54. The number of rotatable bonds is 2. The summed E-state index contributed by atoms with van der Waals surface area (Å²) in [5, 5.41) is 0. The molecule has 0 N–H and O–H groups in total. The van der Waals surface area contributed by atoms with E-state index in [1.807, 2.05) is 33.2 Å². The summed E-state index contributed by atoms with van der Waals surface area (Å²) < 4.78 is 2.08. The molecule has 1 unspecified atom stereocenters. The van der Waals surface area contributed by atoms with E-state index < -0.39 is 0 Å². The van der Waals surface area contributed by atoms with E-state index in [9.17, 15) is 0 Å². The van der Waals surface area contributed by atoms with Crippen molar-refractivity contribution in [2.45, 2.75) is 32.6 Å². The monoisotopic (exact) mass is 285 g/mol. The number of likely N-dealkylation sites (N-methyl/N-ethyl adjacent to an activating group) is 1. The standard InChI is InChI=1S/C16H23N5/c1-11-8-14(15-9-17-12(2)21(15)4)19-16(18-11)13-6-5-7-20(3)10-13/h8-9,13H,5-7,10H2,1-4H3. The fourth-order valence-corrected chi connectivity index (χ4v) is 3.02. The Morgan fingerprint density at radius 2 is 2.00 bits per heavy atom. The summed E-state index contributed by atoms with van der Waals surface area (Å²) in [5.41, 5.74) is 3.07. The third-order valence-corrected chi connectivity index (χ3v) is 4.34. The lowest BCUT2D eigenvalue weighted by molar-refractivity contribution is 0.246. The molecule has 0 aromatic carbocycles. The summed E-state index contributed by atoms with van der Waals surface area (Å²) in [6.45, 7) is 6.28. The second-order valence-electron chi connectivity index (χ2n) is 6.10. The maximum absolute atomic E-state index is 4.84. The Kier molecular flexibility index (Phi) is 3.76. The number of nitrogens with zero attached hydrogens (tertiary/aromatic N) is 5. The molecule has 112 valence electrons. The van der Waals surface area contributed by atoms with Gasteiger partial charge in [0.15, 0.2) is 0 Å². The average Bonchev–Trinajstić information content (AvgIpc) is 2.78. The van der Waals surface area contributed by atoms with Gasteiger partial charge in [0.2, 0.25) is 0 Å². The second-order valence-corrected chi connectivity index (χ2v) is 6.10. The highest BCUT2D eigenvalue weighted by Crippen LogP contribution is 2.26. The highest BCUT2D eigenvalue weighted by atomic mass is 15.1. The van der Waals surface area contributed by atoms with Gasteiger partial charge in [-0.05, 0) is 46.3 Å². The van der Waals surface area contributed by atoms with Crippen LogP contribution in [0.5, 0.6) is 0 Å². The van der Waals surface area contributed by atoms with Crippen LogP contribution in [0.4, 0.5) is 0 Å². The quantitative estimate of drug-likeness (QED) is 0.849. The highest BCUT2D eigenvalue weighted by Gasteiger charge is 2.22. The molecule has 3 heterocycles. The van der Waals surface area contributed by atoms with E-state index in [1.165, 1.54) is 19.4 Å². The van der Waals surface area contributed by atoms with Crippen molar-refractivity contribution in [1.82, 2.24) is 24.4 Å². The van der Waals surface area contributed by atoms with Gasteiger partial charge >= 0.3 is 0 Å². The molecule has 1 fully saturated rings. The molecule has 1 aliphatic rings. The predicted octanol–water partition coefficient (Wildman–Crippen LogP) is 2.30. The Hall–Kier alpha value is -1.75. The summed E-state index contributed by atoms with van der Waals surface area (Å²) in [7, 11) is 4.20. The van der Waals surface area contributed by atoms with Crippen LogP contribution in [0.2, 0.25) is 0 Å². The van der Waals surface area contributed by atoms with E-state index in [4.69, 9.17) is 4.98 Å². The number of hydrogen-bond donors (Lipinski definition) is 0. The lowest BCUT2D eigenvalue weighted by Crippen LogP contribution is -2.31. The molecule has 0 spiro atoms. The van der Waals surface area contributed by atoms with E-state index in [0.29, 0.717) is 5.92 Å². The van der Waals surface area contributed by atoms with Crippen LogP contribution in [0, 0.1) is 13.8 Å². The summed E-state index contributed by atoms with van der Waals surface area (Å²) in [4.78, 5) is 16.3. The van der Waals surface area contributed by atoms with Gasteiger partial charge in [0, 0.05) is 25.2 Å². The fraction of sp³-hybridized carbons (Fsp3) is 0.562. The first-order valence-electron chi connectivity index (χ1n) is 7.57. The first-order valence-corrected chi connectivity index (χ1v) is 7.57. The summed E-state index contributed by atoms with van der Waals surface area (Å²) in [6, 6.07) is 2.05. The molecule has 1 aliphatic heterocycles. The SMILES string of the molecule is Cc1cc(-c2cnc(C)n2C)nc(C2CCCN(C)C2)n1. The molecule has 1 saturated heterocycles. The molecule has 21 heavy (non-hydrogen) atoms. The fourth-order valence-electron chi connectivity index (χ4n) is 3.02. The molecular weight excluding hydrogens is 262 g/mol. The molecule has 2 aromatic rings. The molecule has 2 aromatic heterocycles. The molecule has 0 saturated carbocycles. The number of aromatic nitrogens is 4. The number of aryl methyl sites for hydroxylation is 2. The normalized spacial score (nSPS) is 19.9. The molecule has 0 radical (unpaired) electrons. The van der Waals surface area contributed by atoms with Crippen molar-refractivity contribution < 1.29 is 0 Å². The van der Waals surface area contributed by atoms with Gasteiger partial charge in [-0.3, -0.25) is 0 Å². The van der Waals surface area contributed by atoms with Crippen molar-refractivity contribution in [1.29, 1.82) is 0 Å². The molecule has 0 amide bonds. The van der Waals surface area contributed by atoms with Crippen molar-refractivity contribution in [2.75, 3.05) is 20.1 Å². The smallest absolute Gasteiger partial charge is 0.133 e. The van der Waals surface area contributed by atoms with Gasteiger partial charge < -0.3 is 9.47 Å². The maximum atomic E-state index is 4.84. The van der Waals surface area contributed by atoms with Crippen LogP contribution in [-0.4, -0.2) is 44.6 Å². The van der Waals surface area contributed by atoms with E-state index in [1.54, 1.807) is 0 Å². The van der Waals surface area contributed by atoms with Gasteiger partial charge in [-0.15, -0.1) is 0 Å². The van der Waals surface area contributed by atoms with Crippen molar-refractivity contribution >= 4 is 0 Å². The zero-order valence-electron chi connectivity index (χ0n) is 13.3. The molecule has 0 aliphatic carbocycles. The lowest BCUT2D eigenvalue weighted by atomic mass is 9.97. The van der Waals surface area contributed by atoms with Crippen LogP contribution in [0.1, 0.15) is 36.1 Å². The molecule has 5 heteroatoms. The second kappa shape index (κ2) is 5.56. The Labute approximate surface area is 126 Å². The number of piperidine rings is 1. The first kappa shape index (κ1) is 14.2. The zero-order valence-corrected chi connectivity index (χ0v) is 13.3. The van der Waals surface area contributed by atoms with Crippen molar-refractivity contribution in [3.63, 3.8) is 0 Å². The third kappa shape index (κ3) is 2.83. The Morgan fingerprint density at radius 3 is 2.67 bits per heavy atom. The third-order valence-electron chi connectivity index (χ3n) is 4.34. The Balaban J connectivity index is 1.98. The molecule has 3 rings (SSSR count). The van der Waals surface area contributed by atoms with Crippen LogP contribution < -0.4 is 0 Å². The molecule has 1 atom stereocenters. The predicted molar refractivity (Wildman–Crippen MR) is 83.2 cm³/mol. The number of likely N-dealkylation sites (tertiary alicyclic amines) is 1. The van der Waals surface area contributed by atoms with E-state index in [0.717, 1.165) is 35.3 Å². The van der Waals surface area contributed by atoms with Crippen molar-refractivity contribution in [3.05, 3.63) is 29.6 Å². The molecular formula is C16H23N5. The topological polar surface area (TPSA) is 46.8 Å². The van der Waals surface area contributed by atoms with Crippen LogP contribution in [0.25, 0.3) is 11.4 Å².